The molecule has 2 heterocycles. The van der Waals surface area contributed by atoms with E-state index in [2.05, 4.69) is 28.6 Å². The van der Waals surface area contributed by atoms with Gasteiger partial charge in [0.05, 0.1) is 12.2 Å². The summed E-state index contributed by atoms with van der Waals surface area (Å²) < 4.78 is 7.42. The van der Waals surface area contributed by atoms with Crippen molar-refractivity contribution in [2.24, 2.45) is 0 Å². The second-order valence-corrected chi connectivity index (χ2v) is 8.95. The Morgan fingerprint density at radius 2 is 1.93 bits per heavy atom. The van der Waals surface area contributed by atoms with Crippen molar-refractivity contribution < 1.29 is 14.3 Å². The van der Waals surface area contributed by atoms with Crippen molar-refractivity contribution >= 4 is 12.0 Å². The first-order valence-electron chi connectivity index (χ1n) is 10.5. The van der Waals surface area contributed by atoms with Gasteiger partial charge in [-0.1, -0.05) is 24.3 Å². The third kappa shape index (κ3) is 5.62. The van der Waals surface area contributed by atoms with Crippen molar-refractivity contribution in [1.82, 2.24) is 20.0 Å². The number of ether oxygens (including phenoxy) is 1. The lowest BCUT2D eigenvalue weighted by molar-refractivity contribution is -0.125. The highest BCUT2D eigenvalue weighted by atomic mass is 16.6. The molecule has 1 atom stereocenters. The molecular formula is C23H32N4O3. The van der Waals surface area contributed by atoms with E-state index in [0.29, 0.717) is 26.1 Å². The molecule has 0 spiro atoms. The lowest BCUT2D eigenvalue weighted by atomic mass is 10.1. The summed E-state index contributed by atoms with van der Waals surface area (Å²) >= 11 is 0. The summed E-state index contributed by atoms with van der Waals surface area (Å²) in [6, 6.07) is 9.70. The summed E-state index contributed by atoms with van der Waals surface area (Å²) in [5.41, 5.74) is 3.69. The molecule has 1 N–H and O–H groups in total. The lowest BCUT2D eigenvalue weighted by Gasteiger charge is -2.28. The number of nitrogens with zero attached hydrogens (tertiary/aromatic N) is 3. The van der Waals surface area contributed by atoms with Crippen LogP contribution in [0.15, 0.2) is 30.3 Å². The molecule has 30 heavy (non-hydrogen) atoms. The number of carbonyl (C=O) groups is 2. The van der Waals surface area contributed by atoms with Crippen LogP contribution >= 0.6 is 0 Å². The number of rotatable bonds is 5. The van der Waals surface area contributed by atoms with Gasteiger partial charge in [0.2, 0.25) is 5.91 Å². The predicted molar refractivity (Wildman–Crippen MR) is 115 cm³/mol. The van der Waals surface area contributed by atoms with E-state index in [1.54, 1.807) is 4.90 Å². The molecule has 1 fully saturated rings. The molecule has 162 valence electrons. The molecule has 0 bridgehead atoms. The van der Waals surface area contributed by atoms with Gasteiger partial charge in [-0.2, -0.15) is 5.10 Å². The zero-order chi connectivity index (χ0) is 21.9. The van der Waals surface area contributed by atoms with Crippen LogP contribution in [0.3, 0.4) is 0 Å². The molecule has 1 aliphatic heterocycles. The Bertz CT molecular complexity index is 913. The number of nitrogens with one attached hydrogen (secondary N) is 1. The molecule has 1 aromatic heterocycles. The predicted octanol–water partition coefficient (Wildman–Crippen LogP) is 3.56. The average molecular weight is 413 g/mol. The monoisotopic (exact) mass is 412 g/mol. The summed E-state index contributed by atoms with van der Waals surface area (Å²) in [6.07, 6.45) is 1.03. The zero-order valence-corrected chi connectivity index (χ0v) is 18.6. The minimum Gasteiger partial charge on any atom is -0.444 e. The number of amides is 2. The van der Waals surface area contributed by atoms with Crippen LogP contribution in [0.5, 0.6) is 0 Å². The normalized spacial score (nSPS) is 16.6. The average Bonchev–Trinajstić information content (AvgIpc) is 3.25. The first-order chi connectivity index (χ1) is 14.1. The quantitative estimate of drug-likeness (QED) is 0.815. The highest BCUT2D eigenvalue weighted by Crippen LogP contribution is 2.21. The molecule has 0 aliphatic carbocycles. The van der Waals surface area contributed by atoms with E-state index in [1.165, 1.54) is 0 Å². The van der Waals surface area contributed by atoms with E-state index >= 15 is 0 Å². The van der Waals surface area contributed by atoms with Crippen molar-refractivity contribution in [3.63, 3.8) is 0 Å². The van der Waals surface area contributed by atoms with Gasteiger partial charge in [-0.3, -0.25) is 14.4 Å². The molecule has 0 radical (unpaired) electrons. The third-order valence-corrected chi connectivity index (χ3v) is 5.08. The SMILES string of the molecule is Cc1cc(C)n(Cc2cccc(CNC(=O)C3CCCN3C(=O)OC(C)(C)C)c2)n1. The summed E-state index contributed by atoms with van der Waals surface area (Å²) in [5.74, 6) is -0.137. The van der Waals surface area contributed by atoms with Gasteiger partial charge in [-0.15, -0.1) is 0 Å². The van der Waals surface area contributed by atoms with Gasteiger partial charge < -0.3 is 10.1 Å². The highest BCUT2D eigenvalue weighted by molar-refractivity contribution is 5.86. The Balaban J connectivity index is 1.59. The molecule has 1 aromatic carbocycles. The largest absolute Gasteiger partial charge is 0.444 e. The summed E-state index contributed by atoms with van der Waals surface area (Å²) in [7, 11) is 0. The molecule has 1 saturated heterocycles. The Morgan fingerprint density at radius 3 is 2.60 bits per heavy atom. The van der Waals surface area contributed by atoms with Crippen LogP contribution in [0.2, 0.25) is 0 Å². The second-order valence-electron chi connectivity index (χ2n) is 8.95. The maximum Gasteiger partial charge on any atom is 0.410 e. The fourth-order valence-corrected chi connectivity index (χ4v) is 3.73. The van der Waals surface area contributed by atoms with Crippen molar-refractivity contribution in [2.75, 3.05) is 6.54 Å². The molecule has 7 nitrogen and oxygen atoms in total. The maximum atomic E-state index is 12.7. The number of hydrogen-bond donors (Lipinski definition) is 1. The van der Waals surface area contributed by atoms with Crippen LogP contribution in [-0.2, 0) is 22.6 Å². The van der Waals surface area contributed by atoms with E-state index in [1.807, 2.05) is 51.4 Å². The Kier molecular flexibility index (Phi) is 6.48. The summed E-state index contributed by atoms with van der Waals surface area (Å²) in [4.78, 5) is 26.7. The van der Waals surface area contributed by atoms with Crippen LogP contribution in [0.4, 0.5) is 4.79 Å². The van der Waals surface area contributed by atoms with Gasteiger partial charge in [-0.05, 0) is 64.7 Å². The first-order valence-corrected chi connectivity index (χ1v) is 10.5. The van der Waals surface area contributed by atoms with E-state index in [9.17, 15) is 9.59 Å². The molecule has 1 aliphatic rings. The molecular weight excluding hydrogens is 380 g/mol. The summed E-state index contributed by atoms with van der Waals surface area (Å²) in [5, 5.41) is 7.49. The molecule has 2 aromatic rings. The zero-order valence-electron chi connectivity index (χ0n) is 18.6. The molecule has 0 saturated carbocycles. The highest BCUT2D eigenvalue weighted by Gasteiger charge is 2.36. The van der Waals surface area contributed by atoms with Gasteiger partial charge in [0.15, 0.2) is 0 Å². The van der Waals surface area contributed by atoms with Crippen LogP contribution in [0, 0.1) is 13.8 Å². The van der Waals surface area contributed by atoms with Gasteiger partial charge in [0.25, 0.3) is 0 Å². The van der Waals surface area contributed by atoms with E-state index in [-0.39, 0.29) is 5.91 Å². The molecule has 7 heteroatoms. The van der Waals surface area contributed by atoms with Crippen molar-refractivity contribution in [2.45, 2.75) is 72.2 Å². The van der Waals surface area contributed by atoms with Gasteiger partial charge in [0.1, 0.15) is 11.6 Å². The number of carbonyl (C=O) groups excluding carboxylic acids is 2. The van der Waals surface area contributed by atoms with Gasteiger partial charge in [0, 0.05) is 18.8 Å². The van der Waals surface area contributed by atoms with Crippen LogP contribution in [0.1, 0.15) is 56.1 Å². The number of benzene rings is 1. The molecule has 2 amide bonds. The third-order valence-electron chi connectivity index (χ3n) is 5.08. The van der Waals surface area contributed by atoms with E-state index in [4.69, 9.17) is 4.74 Å². The molecule has 3 rings (SSSR count). The summed E-state index contributed by atoms with van der Waals surface area (Å²) in [6.45, 7) is 11.2. The standard InChI is InChI=1S/C23H32N4O3/c1-16-12-17(2)27(25-16)15-19-9-6-8-18(13-19)14-24-21(28)20-10-7-11-26(20)22(29)30-23(3,4)5/h6,8-9,12-13,20H,7,10-11,14-15H2,1-5H3,(H,24,28). The topological polar surface area (TPSA) is 76.5 Å². The first kappa shape index (κ1) is 21.9. The van der Waals surface area contributed by atoms with Crippen LogP contribution in [0.25, 0.3) is 0 Å². The number of aromatic nitrogens is 2. The van der Waals surface area contributed by atoms with Crippen molar-refractivity contribution in [3.8, 4) is 0 Å². The fraction of sp³-hybridized carbons (Fsp3) is 0.522. The van der Waals surface area contributed by atoms with Crippen LogP contribution < -0.4 is 5.32 Å². The van der Waals surface area contributed by atoms with E-state index < -0.39 is 17.7 Å². The fourth-order valence-electron chi connectivity index (χ4n) is 3.73. The minimum absolute atomic E-state index is 0.137. The number of likely N-dealkylation sites (tertiary alicyclic amines) is 1. The molecule has 1 unspecified atom stereocenters. The number of hydrogen-bond acceptors (Lipinski definition) is 4. The lowest BCUT2D eigenvalue weighted by Crippen LogP contribution is -2.47. The van der Waals surface area contributed by atoms with Crippen molar-refractivity contribution in [3.05, 3.63) is 52.8 Å². The Hall–Kier alpha value is -2.83. The Labute approximate surface area is 178 Å². The maximum absolute atomic E-state index is 12.7. The van der Waals surface area contributed by atoms with Gasteiger partial charge in [-0.25, -0.2) is 4.79 Å². The minimum atomic E-state index is -0.577. The smallest absolute Gasteiger partial charge is 0.410 e. The Morgan fingerprint density at radius 1 is 1.20 bits per heavy atom. The number of aryl methyl sites for hydroxylation is 2. The van der Waals surface area contributed by atoms with Gasteiger partial charge >= 0.3 is 6.09 Å². The second kappa shape index (κ2) is 8.90. The van der Waals surface area contributed by atoms with Crippen molar-refractivity contribution in [1.29, 1.82) is 0 Å². The van der Waals surface area contributed by atoms with E-state index in [0.717, 1.165) is 28.9 Å². The van der Waals surface area contributed by atoms with Crippen LogP contribution in [-0.4, -0.2) is 44.9 Å².